The van der Waals surface area contributed by atoms with Crippen LogP contribution >= 0.6 is 15.9 Å². The first-order valence-corrected chi connectivity index (χ1v) is 7.89. The molecule has 2 aromatic rings. The maximum atomic E-state index is 12.1. The van der Waals surface area contributed by atoms with Gasteiger partial charge in [0.15, 0.2) is 0 Å². The number of methoxy groups -OCH3 is 2. The molecule has 9 nitrogen and oxygen atoms in total. The van der Waals surface area contributed by atoms with E-state index in [-0.39, 0.29) is 34.1 Å². The van der Waals surface area contributed by atoms with Crippen molar-refractivity contribution in [3.05, 3.63) is 56.0 Å². The molecular weight excluding hydrogens is 410 g/mol. The summed E-state index contributed by atoms with van der Waals surface area (Å²) in [5.41, 5.74) is 2.25. The average Bonchev–Trinajstić information content (AvgIpc) is 2.62. The van der Waals surface area contributed by atoms with Gasteiger partial charge in [-0.25, -0.2) is 5.43 Å². The van der Waals surface area contributed by atoms with Crippen LogP contribution in [0.2, 0.25) is 0 Å². The fourth-order valence-electron chi connectivity index (χ4n) is 2.06. The van der Waals surface area contributed by atoms with Gasteiger partial charge in [-0.2, -0.15) is 5.10 Å². The number of ether oxygens (including phenoxy) is 2. The van der Waals surface area contributed by atoms with Gasteiger partial charge in [0.2, 0.25) is 5.75 Å². The Morgan fingerprint density at radius 1 is 1.27 bits per heavy atom. The smallest absolute Gasteiger partial charge is 0.311 e. The molecule has 26 heavy (non-hydrogen) atoms. The number of phenols is 1. The Bertz CT molecular complexity index is 885. The van der Waals surface area contributed by atoms with Crippen molar-refractivity contribution in [2.45, 2.75) is 0 Å². The first kappa shape index (κ1) is 19.2. The van der Waals surface area contributed by atoms with Gasteiger partial charge in [-0.1, -0.05) is 15.9 Å². The van der Waals surface area contributed by atoms with Crippen LogP contribution in [-0.2, 0) is 0 Å². The third-order valence-electron chi connectivity index (χ3n) is 3.30. The van der Waals surface area contributed by atoms with Gasteiger partial charge < -0.3 is 14.6 Å². The normalized spacial score (nSPS) is 10.6. The highest BCUT2D eigenvalue weighted by Gasteiger charge is 2.19. The molecule has 0 aliphatic rings. The van der Waals surface area contributed by atoms with Gasteiger partial charge in [-0.3, -0.25) is 14.9 Å². The number of rotatable bonds is 6. The molecule has 0 aliphatic heterocycles. The number of nitro groups is 1. The van der Waals surface area contributed by atoms with E-state index in [1.54, 1.807) is 6.07 Å². The topological polar surface area (TPSA) is 123 Å². The third kappa shape index (κ3) is 4.28. The Morgan fingerprint density at radius 3 is 2.58 bits per heavy atom. The highest BCUT2D eigenvalue weighted by Crippen LogP contribution is 2.33. The van der Waals surface area contributed by atoms with E-state index < -0.39 is 10.8 Å². The predicted octanol–water partition coefficient (Wildman–Crippen LogP) is 2.84. The average molecular weight is 424 g/mol. The molecule has 0 saturated heterocycles. The van der Waals surface area contributed by atoms with Crippen molar-refractivity contribution in [3.8, 4) is 17.2 Å². The van der Waals surface area contributed by atoms with E-state index >= 15 is 0 Å². The molecule has 1 amide bonds. The number of carbonyl (C=O) groups excluding carboxylic acids is 1. The van der Waals surface area contributed by atoms with Gasteiger partial charge in [-0.15, -0.1) is 0 Å². The lowest BCUT2D eigenvalue weighted by atomic mass is 10.1. The predicted molar refractivity (Wildman–Crippen MR) is 97.1 cm³/mol. The molecule has 2 aromatic carbocycles. The van der Waals surface area contributed by atoms with Crippen LogP contribution in [0.1, 0.15) is 15.9 Å². The zero-order chi connectivity index (χ0) is 19.3. The molecule has 136 valence electrons. The molecule has 0 heterocycles. The molecule has 0 radical (unpaired) electrons. The molecule has 0 aliphatic carbocycles. The molecular formula is C16H14BrN3O6. The van der Waals surface area contributed by atoms with Gasteiger partial charge >= 0.3 is 5.69 Å². The fourth-order valence-corrected chi connectivity index (χ4v) is 2.42. The first-order valence-electron chi connectivity index (χ1n) is 7.09. The standard InChI is InChI=1S/C16H14BrN3O6/c1-25-14-7-15(26-2)12(20(23)24)5-9(14)8-18-19-16(22)11-6-10(17)3-4-13(11)21/h3-8,21H,1-2H3,(H,19,22)/b18-8+. The summed E-state index contributed by atoms with van der Waals surface area (Å²) >= 11 is 3.20. The second-order valence-corrected chi connectivity index (χ2v) is 5.80. The van der Waals surface area contributed by atoms with E-state index in [1.807, 2.05) is 0 Å². The number of phenolic OH excluding ortho intramolecular Hbond substituents is 1. The van der Waals surface area contributed by atoms with Gasteiger partial charge in [-0.05, 0) is 18.2 Å². The van der Waals surface area contributed by atoms with Crippen LogP contribution in [0.3, 0.4) is 0 Å². The Morgan fingerprint density at radius 2 is 1.96 bits per heavy atom. The summed E-state index contributed by atoms with van der Waals surface area (Å²) in [6.45, 7) is 0. The molecule has 10 heteroatoms. The van der Waals surface area contributed by atoms with E-state index in [2.05, 4.69) is 26.5 Å². The van der Waals surface area contributed by atoms with Crippen LogP contribution in [0.15, 0.2) is 39.9 Å². The minimum Gasteiger partial charge on any atom is -0.507 e. The van der Waals surface area contributed by atoms with Crippen molar-refractivity contribution >= 4 is 33.7 Å². The van der Waals surface area contributed by atoms with E-state index in [4.69, 9.17) is 9.47 Å². The van der Waals surface area contributed by atoms with Crippen LogP contribution in [0.4, 0.5) is 5.69 Å². The highest BCUT2D eigenvalue weighted by molar-refractivity contribution is 9.10. The Kier molecular flexibility index (Phi) is 6.12. The number of halogens is 1. The molecule has 0 bridgehead atoms. The summed E-state index contributed by atoms with van der Waals surface area (Å²) in [6, 6.07) is 6.93. The summed E-state index contributed by atoms with van der Waals surface area (Å²) in [4.78, 5) is 22.6. The molecule has 0 spiro atoms. The Balaban J connectivity index is 2.27. The summed E-state index contributed by atoms with van der Waals surface area (Å²) in [6.07, 6.45) is 1.19. The zero-order valence-electron chi connectivity index (χ0n) is 13.7. The summed E-state index contributed by atoms with van der Waals surface area (Å²) in [7, 11) is 2.69. The molecule has 2 N–H and O–H groups in total. The quantitative estimate of drug-likeness (QED) is 0.418. The van der Waals surface area contributed by atoms with Gasteiger partial charge in [0, 0.05) is 22.2 Å². The maximum absolute atomic E-state index is 12.1. The summed E-state index contributed by atoms with van der Waals surface area (Å²) < 4.78 is 10.7. The van der Waals surface area contributed by atoms with Crippen LogP contribution in [-0.4, -0.2) is 36.4 Å². The fraction of sp³-hybridized carbons (Fsp3) is 0.125. The summed E-state index contributed by atoms with van der Waals surface area (Å²) in [5.74, 6) is -0.552. The van der Waals surface area contributed by atoms with Crippen LogP contribution in [0.25, 0.3) is 0 Å². The van der Waals surface area contributed by atoms with Gasteiger partial charge in [0.1, 0.15) is 11.5 Å². The molecule has 0 atom stereocenters. The van der Waals surface area contributed by atoms with Crippen LogP contribution < -0.4 is 14.9 Å². The Labute approximate surface area is 156 Å². The zero-order valence-corrected chi connectivity index (χ0v) is 15.3. The van der Waals surface area contributed by atoms with Crippen molar-refractivity contribution in [2.75, 3.05) is 14.2 Å². The number of aromatic hydroxyl groups is 1. The number of carbonyl (C=O) groups is 1. The van der Waals surface area contributed by atoms with Crippen molar-refractivity contribution in [1.29, 1.82) is 0 Å². The number of hydrazone groups is 1. The summed E-state index contributed by atoms with van der Waals surface area (Å²) in [5, 5.41) is 24.6. The van der Waals surface area contributed by atoms with Gasteiger partial charge in [0.25, 0.3) is 5.91 Å². The number of hydrogen-bond acceptors (Lipinski definition) is 7. The SMILES string of the molecule is COc1cc(OC)c([N+](=O)[O-])cc1/C=N/NC(=O)c1cc(Br)ccc1O. The minimum atomic E-state index is -0.651. The number of nitrogens with zero attached hydrogens (tertiary/aromatic N) is 2. The number of amides is 1. The second kappa shape index (κ2) is 8.30. The first-order chi connectivity index (χ1) is 12.4. The molecule has 2 rings (SSSR count). The lowest BCUT2D eigenvalue weighted by Gasteiger charge is -2.08. The molecule has 0 saturated carbocycles. The van der Waals surface area contributed by atoms with E-state index in [0.29, 0.717) is 4.47 Å². The van der Waals surface area contributed by atoms with Crippen molar-refractivity contribution < 1.29 is 24.3 Å². The number of benzene rings is 2. The molecule has 0 fully saturated rings. The molecule has 0 aromatic heterocycles. The largest absolute Gasteiger partial charge is 0.507 e. The highest BCUT2D eigenvalue weighted by atomic mass is 79.9. The van der Waals surface area contributed by atoms with Crippen LogP contribution in [0, 0.1) is 10.1 Å². The lowest BCUT2D eigenvalue weighted by molar-refractivity contribution is -0.385. The third-order valence-corrected chi connectivity index (χ3v) is 3.79. The number of nitro benzene ring substituents is 1. The molecule has 0 unspecified atom stereocenters. The van der Waals surface area contributed by atoms with E-state index in [1.165, 1.54) is 44.7 Å². The van der Waals surface area contributed by atoms with Crippen LogP contribution in [0.5, 0.6) is 17.2 Å². The second-order valence-electron chi connectivity index (χ2n) is 4.88. The lowest BCUT2D eigenvalue weighted by Crippen LogP contribution is -2.17. The maximum Gasteiger partial charge on any atom is 0.311 e. The number of nitrogens with one attached hydrogen (secondary N) is 1. The van der Waals surface area contributed by atoms with E-state index in [0.717, 1.165) is 0 Å². The van der Waals surface area contributed by atoms with Gasteiger partial charge in [0.05, 0.1) is 30.9 Å². The Hall–Kier alpha value is -3.14. The monoisotopic (exact) mass is 423 g/mol. The number of hydrogen-bond donors (Lipinski definition) is 2. The van der Waals surface area contributed by atoms with Crippen molar-refractivity contribution in [3.63, 3.8) is 0 Å². The van der Waals surface area contributed by atoms with Crippen molar-refractivity contribution in [1.82, 2.24) is 5.43 Å². The van der Waals surface area contributed by atoms with E-state index in [9.17, 15) is 20.0 Å². The minimum absolute atomic E-state index is 0.0178. The van der Waals surface area contributed by atoms with Crippen molar-refractivity contribution in [2.24, 2.45) is 5.10 Å².